The molecule has 0 amide bonds. The fourth-order valence-corrected chi connectivity index (χ4v) is 3.22. The van der Waals surface area contributed by atoms with Gasteiger partial charge in [-0.3, -0.25) is 0 Å². The molecule has 0 heterocycles. The maximum atomic E-state index is 9.21. The van der Waals surface area contributed by atoms with Crippen molar-refractivity contribution in [1.29, 1.82) is 0 Å². The molecule has 0 unspecified atom stereocenters. The molecular formula is C17H28N2O. The fourth-order valence-electron chi connectivity index (χ4n) is 3.22. The highest BCUT2D eigenvalue weighted by atomic mass is 16.3. The van der Waals surface area contributed by atoms with E-state index < -0.39 is 0 Å². The van der Waals surface area contributed by atoms with E-state index in [1.165, 1.54) is 24.1 Å². The van der Waals surface area contributed by atoms with Gasteiger partial charge in [-0.25, -0.2) is 0 Å². The van der Waals surface area contributed by atoms with Crippen molar-refractivity contribution in [2.75, 3.05) is 25.6 Å². The van der Waals surface area contributed by atoms with E-state index in [1.807, 2.05) is 0 Å². The molecule has 20 heavy (non-hydrogen) atoms. The van der Waals surface area contributed by atoms with Crippen LogP contribution < -0.4 is 10.2 Å². The highest BCUT2D eigenvalue weighted by Crippen LogP contribution is 2.28. The molecule has 1 fully saturated rings. The average molecular weight is 276 g/mol. The van der Waals surface area contributed by atoms with Crippen molar-refractivity contribution >= 4 is 5.69 Å². The number of hydrogen-bond donors (Lipinski definition) is 2. The Balaban J connectivity index is 1.97. The summed E-state index contributed by atoms with van der Waals surface area (Å²) in [6.07, 6.45) is 4.66. The molecule has 3 nitrogen and oxygen atoms in total. The Bertz CT molecular complexity index is 411. The van der Waals surface area contributed by atoms with E-state index in [1.54, 1.807) is 0 Å². The number of anilines is 1. The fraction of sp³-hybridized carbons (Fsp3) is 0.647. The third-order valence-electron chi connectivity index (χ3n) is 4.48. The molecule has 1 atom stereocenters. The van der Waals surface area contributed by atoms with Crippen molar-refractivity contribution in [3.8, 4) is 0 Å². The van der Waals surface area contributed by atoms with Crippen molar-refractivity contribution in [1.82, 2.24) is 5.32 Å². The van der Waals surface area contributed by atoms with Crippen molar-refractivity contribution in [3.05, 3.63) is 29.8 Å². The Morgan fingerprint density at radius 1 is 1.20 bits per heavy atom. The normalized spacial score (nSPS) is 24.4. The molecule has 0 aliphatic heterocycles. The van der Waals surface area contributed by atoms with Gasteiger partial charge in [-0.15, -0.1) is 0 Å². The standard InChI is InChI=1S/C17H28N2O/c1-13(16-6-4-5-7-17(16)19(2)3)18-15-10-8-14(12-20)9-11-15/h4-7,13-15,18,20H,8-12H2,1-3H3/t13-,14?,15?/m1/s1. The highest BCUT2D eigenvalue weighted by molar-refractivity contribution is 5.53. The quantitative estimate of drug-likeness (QED) is 0.868. The van der Waals surface area contributed by atoms with Crippen LogP contribution in [-0.4, -0.2) is 31.9 Å². The number of nitrogens with one attached hydrogen (secondary N) is 1. The first-order valence-electron chi connectivity index (χ1n) is 7.75. The van der Waals surface area contributed by atoms with Gasteiger partial charge in [0.1, 0.15) is 0 Å². The number of para-hydroxylation sites is 1. The molecule has 1 saturated carbocycles. The van der Waals surface area contributed by atoms with Gasteiger partial charge in [0.25, 0.3) is 0 Å². The highest BCUT2D eigenvalue weighted by Gasteiger charge is 2.22. The molecule has 3 heteroatoms. The van der Waals surface area contributed by atoms with E-state index in [0.29, 0.717) is 24.6 Å². The van der Waals surface area contributed by atoms with Crippen molar-refractivity contribution < 1.29 is 5.11 Å². The molecular weight excluding hydrogens is 248 g/mol. The van der Waals surface area contributed by atoms with Crippen molar-refractivity contribution in [3.63, 3.8) is 0 Å². The van der Waals surface area contributed by atoms with Gasteiger partial charge < -0.3 is 15.3 Å². The largest absolute Gasteiger partial charge is 0.396 e. The maximum Gasteiger partial charge on any atom is 0.0459 e. The van der Waals surface area contributed by atoms with Gasteiger partial charge >= 0.3 is 0 Å². The number of aliphatic hydroxyl groups is 1. The van der Waals surface area contributed by atoms with Crippen LogP contribution in [-0.2, 0) is 0 Å². The molecule has 1 aromatic rings. The van der Waals surface area contributed by atoms with Crippen LogP contribution in [0.5, 0.6) is 0 Å². The van der Waals surface area contributed by atoms with Gasteiger partial charge in [0.05, 0.1) is 0 Å². The molecule has 1 aliphatic carbocycles. The Hall–Kier alpha value is -1.06. The summed E-state index contributed by atoms with van der Waals surface area (Å²) in [7, 11) is 4.19. The van der Waals surface area contributed by atoms with Gasteiger partial charge in [-0.05, 0) is 50.2 Å². The summed E-state index contributed by atoms with van der Waals surface area (Å²) in [5, 5.41) is 13.0. The maximum absolute atomic E-state index is 9.21. The summed E-state index contributed by atoms with van der Waals surface area (Å²) < 4.78 is 0. The van der Waals surface area contributed by atoms with Gasteiger partial charge in [0.15, 0.2) is 0 Å². The lowest BCUT2D eigenvalue weighted by Gasteiger charge is -2.31. The second kappa shape index (κ2) is 7.09. The molecule has 1 aliphatic rings. The molecule has 2 rings (SSSR count). The van der Waals surface area contributed by atoms with E-state index in [9.17, 15) is 5.11 Å². The van der Waals surface area contributed by atoms with Crippen LogP contribution in [0.2, 0.25) is 0 Å². The van der Waals surface area contributed by atoms with E-state index >= 15 is 0 Å². The summed E-state index contributed by atoms with van der Waals surface area (Å²) in [6.45, 7) is 2.60. The second-order valence-electron chi connectivity index (χ2n) is 6.24. The number of aliphatic hydroxyl groups excluding tert-OH is 1. The minimum absolute atomic E-state index is 0.353. The first kappa shape index (κ1) is 15.3. The lowest BCUT2D eigenvalue weighted by molar-refractivity contribution is 0.172. The first-order valence-corrected chi connectivity index (χ1v) is 7.75. The zero-order chi connectivity index (χ0) is 14.5. The van der Waals surface area contributed by atoms with Crippen molar-refractivity contribution in [2.45, 2.75) is 44.7 Å². The predicted octanol–water partition coefficient (Wildman–Crippen LogP) is 2.95. The molecule has 112 valence electrons. The Morgan fingerprint density at radius 2 is 1.85 bits per heavy atom. The van der Waals surface area contributed by atoms with Gasteiger partial charge in [-0.2, -0.15) is 0 Å². The van der Waals surface area contributed by atoms with E-state index in [4.69, 9.17) is 0 Å². The molecule has 0 bridgehead atoms. The SMILES string of the molecule is C[C@@H](NC1CCC(CO)CC1)c1ccccc1N(C)C. The zero-order valence-corrected chi connectivity index (χ0v) is 13.0. The van der Waals surface area contributed by atoms with Crippen LogP contribution in [0.15, 0.2) is 24.3 Å². The van der Waals surface area contributed by atoms with Crippen LogP contribution in [0.3, 0.4) is 0 Å². The summed E-state index contributed by atoms with van der Waals surface area (Å²) in [5.41, 5.74) is 2.65. The number of benzene rings is 1. The Kier molecular flexibility index (Phi) is 5.44. The number of rotatable bonds is 5. The van der Waals surface area contributed by atoms with Gasteiger partial charge in [-0.1, -0.05) is 18.2 Å². The number of nitrogens with zero attached hydrogens (tertiary/aromatic N) is 1. The summed E-state index contributed by atoms with van der Waals surface area (Å²) in [4.78, 5) is 2.18. The van der Waals surface area contributed by atoms with Crippen LogP contribution in [0, 0.1) is 5.92 Å². The van der Waals surface area contributed by atoms with Gasteiger partial charge in [0, 0.05) is 38.5 Å². The summed E-state index contributed by atoms with van der Waals surface area (Å²) in [5.74, 6) is 0.525. The zero-order valence-electron chi connectivity index (χ0n) is 13.0. The lowest BCUT2D eigenvalue weighted by atomic mass is 9.86. The molecule has 0 saturated heterocycles. The van der Waals surface area contributed by atoms with Crippen LogP contribution in [0.1, 0.15) is 44.2 Å². The monoisotopic (exact) mass is 276 g/mol. The third-order valence-corrected chi connectivity index (χ3v) is 4.48. The van der Waals surface area contributed by atoms with Crippen molar-refractivity contribution in [2.24, 2.45) is 5.92 Å². The Labute approximate surface area is 123 Å². The van der Waals surface area contributed by atoms with Crippen LogP contribution in [0.4, 0.5) is 5.69 Å². The minimum atomic E-state index is 0.353. The van der Waals surface area contributed by atoms with E-state index in [0.717, 1.165) is 12.8 Å². The smallest absolute Gasteiger partial charge is 0.0459 e. The summed E-state index contributed by atoms with van der Waals surface area (Å²) >= 11 is 0. The summed E-state index contributed by atoms with van der Waals surface area (Å²) in [6, 6.07) is 9.55. The minimum Gasteiger partial charge on any atom is -0.396 e. The van der Waals surface area contributed by atoms with Gasteiger partial charge in [0.2, 0.25) is 0 Å². The van der Waals surface area contributed by atoms with E-state index in [-0.39, 0.29) is 0 Å². The average Bonchev–Trinajstić information content (AvgIpc) is 2.48. The first-order chi connectivity index (χ1) is 9.61. The lowest BCUT2D eigenvalue weighted by Crippen LogP contribution is -2.36. The topological polar surface area (TPSA) is 35.5 Å². The van der Waals surface area contributed by atoms with Crippen LogP contribution >= 0.6 is 0 Å². The predicted molar refractivity (Wildman–Crippen MR) is 85.2 cm³/mol. The molecule has 1 aromatic carbocycles. The third kappa shape index (κ3) is 3.74. The molecule has 0 radical (unpaired) electrons. The van der Waals surface area contributed by atoms with E-state index in [2.05, 4.69) is 55.5 Å². The molecule has 0 spiro atoms. The number of hydrogen-bond acceptors (Lipinski definition) is 3. The molecule has 0 aromatic heterocycles. The Morgan fingerprint density at radius 3 is 2.45 bits per heavy atom. The second-order valence-corrected chi connectivity index (χ2v) is 6.24. The molecule has 2 N–H and O–H groups in total. The van der Waals surface area contributed by atoms with Crippen LogP contribution in [0.25, 0.3) is 0 Å².